The van der Waals surface area contributed by atoms with Gasteiger partial charge < -0.3 is 5.11 Å². The maximum absolute atomic E-state index is 10.7. The van der Waals surface area contributed by atoms with Crippen LogP contribution in [0.15, 0.2) is 18.2 Å². The van der Waals surface area contributed by atoms with Crippen LogP contribution in [0.3, 0.4) is 0 Å². The number of hydrogen-bond donors (Lipinski definition) is 1. The molecule has 0 bridgehead atoms. The molecule has 0 aliphatic heterocycles. The van der Waals surface area contributed by atoms with Crippen LogP contribution in [0.25, 0.3) is 0 Å². The van der Waals surface area contributed by atoms with Crippen molar-refractivity contribution < 1.29 is 9.90 Å². The monoisotopic (exact) mass is 282 g/mol. The molecule has 0 unspecified atom stereocenters. The second kappa shape index (κ2) is 3.40. The number of rotatable bonds is 1. The van der Waals surface area contributed by atoms with Gasteiger partial charge in [0.25, 0.3) is 5.24 Å². The van der Waals surface area contributed by atoms with E-state index >= 15 is 0 Å². The Hall–Kier alpha value is -0.290. The molecule has 1 N–H and O–H groups in total. The predicted octanol–water partition coefficient (Wildman–Crippen LogP) is 2.38. The molecule has 58 valence electrons. The van der Waals surface area contributed by atoms with Gasteiger partial charge in [-0.3, -0.25) is 4.79 Å². The summed E-state index contributed by atoms with van der Waals surface area (Å²) < 4.78 is 0.655. The maximum atomic E-state index is 10.7. The van der Waals surface area contributed by atoms with Gasteiger partial charge in [-0.15, -0.1) is 0 Å². The Morgan fingerprint density at radius 3 is 2.64 bits per heavy atom. The number of phenolic OH excluding ortho intramolecular Hbond substituents is 1. The molecule has 0 atom stereocenters. The highest BCUT2D eigenvalue weighted by molar-refractivity contribution is 14.1. The fourth-order valence-electron chi connectivity index (χ4n) is 0.663. The van der Waals surface area contributed by atoms with Gasteiger partial charge in [0, 0.05) is 9.13 Å². The summed E-state index contributed by atoms with van der Waals surface area (Å²) in [6.45, 7) is 0. The molecule has 0 aliphatic carbocycles. The van der Waals surface area contributed by atoms with E-state index in [-0.39, 0.29) is 5.75 Å². The van der Waals surface area contributed by atoms with Gasteiger partial charge in [0.2, 0.25) is 0 Å². The normalized spacial score (nSPS) is 9.64. The van der Waals surface area contributed by atoms with Crippen molar-refractivity contribution in [2.45, 2.75) is 0 Å². The van der Waals surface area contributed by atoms with Gasteiger partial charge >= 0.3 is 0 Å². The number of phenols is 1. The number of carbonyl (C=O) groups excluding carboxylic acids is 1. The van der Waals surface area contributed by atoms with Crippen molar-refractivity contribution in [3.63, 3.8) is 0 Å². The largest absolute Gasteiger partial charge is 0.508 e. The van der Waals surface area contributed by atoms with E-state index < -0.39 is 5.24 Å². The van der Waals surface area contributed by atoms with E-state index in [0.29, 0.717) is 9.13 Å². The Kier molecular flexibility index (Phi) is 2.72. The Morgan fingerprint density at radius 1 is 1.55 bits per heavy atom. The Bertz CT molecular complexity index is 298. The minimum Gasteiger partial charge on any atom is -0.508 e. The zero-order valence-electron chi connectivity index (χ0n) is 5.34. The molecule has 0 spiro atoms. The summed E-state index contributed by atoms with van der Waals surface area (Å²) in [5.41, 5.74) is 0.421. The average molecular weight is 282 g/mol. The number of halogens is 2. The van der Waals surface area contributed by atoms with Crippen LogP contribution in [-0.2, 0) is 0 Å². The highest BCUT2D eigenvalue weighted by atomic mass is 127. The third kappa shape index (κ3) is 2.07. The Morgan fingerprint density at radius 2 is 2.18 bits per heavy atom. The topological polar surface area (TPSA) is 37.3 Å². The first-order chi connectivity index (χ1) is 5.11. The molecule has 0 fully saturated rings. The second-order valence-electron chi connectivity index (χ2n) is 1.94. The fourth-order valence-corrected chi connectivity index (χ4v) is 1.73. The van der Waals surface area contributed by atoms with Crippen molar-refractivity contribution in [2.75, 3.05) is 0 Å². The molecular formula is C7H4ClIO2. The molecule has 0 amide bonds. The van der Waals surface area contributed by atoms with Crippen molar-refractivity contribution in [3.05, 3.63) is 27.3 Å². The van der Waals surface area contributed by atoms with Crippen LogP contribution in [-0.4, -0.2) is 10.3 Å². The van der Waals surface area contributed by atoms with Crippen LogP contribution >= 0.6 is 34.2 Å². The lowest BCUT2D eigenvalue weighted by Gasteiger charge is -1.97. The zero-order valence-corrected chi connectivity index (χ0v) is 8.26. The molecule has 0 aromatic heterocycles. The number of carbonyl (C=O) groups is 1. The minimum atomic E-state index is -0.505. The lowest BCUT2D eigenvalue weighted by molar-refractivity contribution is 0.108. The molecule has 1 aromatic rings. The highest BCUT2D eigenvalue weighted by Crippen LogP contribution is 2.19. The number of benzene rings is 1. The van der Waals surface area contributed by atoms with Crippen molar-refractivity contribution in [1.29, 1.82) is 0 Å². The fraction of sp³-hybridized carbons (Fsp3) is 0. The van der Waals surface area contributed by atoms with Crippen LogP contribution in [0.4, 0.5) is 0 Å². The summed E-state index contributed by atoms with van der Waals surface area (Å²) in [6.07, 6.45) is 0. The van der Waals surface area contributed by atoms with Crippen molar-refractivity contribution >= 4 is 39.4 Å². The van der Waals surface area contributed by atoms with Crippen LogP contribution in [0, 0.1) is 3.57 Å². The quantitative estimate of drug-likeness (QED) is 0.634. The van der Waals surface area contributed by atoms with Gasteiger partial charge in [-0.1, -0.05) is 0 Å². The smallest absolute Gasteiger partial charge is 0.253 e. The first-order valence-corrected chi connectivity index (χ1v) is 4.25. The van der Waals surface area contributed by atoms with E-state index in [1.807, 2.05) is 22.6 Å². The van der Waals surface area contributed by atoms with Crippen molar-refractivity contribution in [3.8, 4) is 5.75 Å². The second-order valence-corrected chi connectivity index (χ2v) is 3.44. The molecular weight excluding hydrogens is 278 g/mol. The molecule has 0 saturated carbocycles. The van der Waals surface area contributed by atoms with Gasteiger partial charge in [-0.05, 0) is 52.4 Å². The molecule has 0 radical (unpaired) electrons. The van der Waals surface area contributed by atoms with E-state index in [0.717, 1.165) is 0 Å². The summed E-state index contributed by atoms with van der Waals surface area (Å²) in [7, 11) is 0. The Labute approximate surface area is 82.3 Å². The number of hydrogen-bond acceptors (Lipinski definition) is 2. The SMILES string of the molecule is O=C(Cl)c1ccc(O)cc1I. The molecule has 2 nitrogen and oxygen atoms in total. The lowest BCUT2D eigenvalue weighted by Crippen LogP contribution is -1.91. The van der Waals surface area contributed by atoms with Crippen molar-refractivity contribution in [1.82, 2.24) is 0 Å². The van der Waals surface area contributed by atoms with Crippen LogP contribution in [0.5, 0.6) is 5.75 Å². The van der Waals surface area contributed by atoms with Crippen LogP contribution in [0.2, 0.25) is 0 Å². The van der Waals surface area contributed by atoms with E-state index in [2.05, 4.69) is 0 Å². The number of aromatic hydroxyl groups is 1. The standard InChI is InChI=1S/C7H4ClIO2/c8-7(11)5-2-1-4(10)3-6(5)9/h1-3,10H. The van der Waals surface area contributed by atoms with Gasteiger partial charge in [0.15, 0.2) is 0 Å². The minimum absolute atomic E-state index is 0.135. The third-order valence-corrected chi connectivity index (χ3v) is 2.26. The first-order valence-electron chi connectivity index (χ1n) is 2.79. The van der Waals surface area contributed by atoms with E-state index in [4.69, 9.17) is 16.7 Å². The van der Waals surface area contributed by atoms with E-state index in [1.54, 1.807) is 0 Å². The van der Waals surface area contributed by atoms with Gasteiger partial charge in [-0.2, -0.15) is 0 Å². The maximum Gasteiger partial charge on any atom is 0.253 e. The summed E-state index contributed by atoms with van der Waals surface area (Å²) in [5.74, 6) is 0.135. The van der Waals surface area contributed by atoms with Crippen LogP contribution in [0.1, 0.15) is 10.4 Å². The summed E-state index contributed by atoms with van der Waals surface area (Å²) >= 11 is 7.17. The first kappa shape index (κ1) is 8.80. The van der Waals surface area contributed by atoms with Crippen molar-refractivity contribution in [2.24, 2.45) is 0 Å². The third-order valence-electron chi connectivity index (χ3n) is 1.16. The molecule has 0 aliphatic rings. The van der Waals surface area contributed by atoms with Gasteiger partial charge in [0.05, 0.1) is 0 Å². The van der Waals surface area contributed by atoms with E-state index in [9.17, 15) is 4.79 Å². The molecule has 4 heteroatoms. The zero-order chi connectivity index (χ0) is 8.43. The molecule has 1 aromatic carbocycles. The highest BCUT2D eigenvalue weighted by Gasteiger charge is 2.06. The van der Waals surface area contributed by atoms with Crippen LogP contribution < -0.4 is 0 Å². The summed E-state index contributed by atoms with van der Waals surface area (Å²) in [6, 6.07) is 4.40. The summed E-state index contributed by atoms with van der Waals surface area (Å²) in [5, 5.41) is 8.45. The summed E-state index contributed by atoms with van der Waals surface area (Å²) in [4.78, 5) is 10.7. The lowest BCUT2D eigenvalue weighted by atomic mass is 10.2. The Balaban J connectivity index is 3.20. The van der Waals surface area contributed by atoms with Gasteiger partial charge in [-0.25, -0.2) is 0 Å². The van der Waals surface area contributed by atoms with Gasteiger partial charge in [0.1, 0.15) is 5.75 Å². The molecule has 1 rings (SSSR count). The van der Waals surface area contributed by atoms with E-state index in [1.165, 1.54) is 18.2 Å². The average Bonchev–Trinajstić information content (AvgIpc) is 1.85. The molecule has 11 heavy (non-hydrogen) atoms. The molecule has 0 heterocycles. The predicted molar refractivity (Wildman–Crippen MR) is 51.0 cm³/mol. The molecule has 0 saturated heterocycles.